The van der Waals surface area contributed by atoms with E-state index in [2.05, 4.69) is 5.32 Å². The molecule has 5 heteroatoms. The lowest BCUT2D eigenvalue weighted by Gasteiger charge is -2.12. The molecular formula is C20H24N2O3. The van der Waals surface area contributed by atoms with Crippen LogP contribution in [0.1, 0.15) is 36.7 Å². The highest BCUT2D eigenvalue weighted by Crippen LogP contribution is 2.24. The van der Waals surface area contributed by atoms with Crippen molar-refractivity contribution in [3.63, 3.8) is 0 Å². The van der Waals surface area contributed by atoms with E-state index in [1.54, 1.807) is 18.2 Å². The number of nitrogens with two attached hydrogens (primary N) is 1. The van der Waals surface area contributed by atoms with E-state index in [0.29, 0.717) is 17.0 Å². The van der Waals surface area contributed by atoms with E-state index in [9.17, 15) is 9.59 Å². The van der Waals surface area contributed by atoms with E-state index in [1.165, 1.54) is 0 Å². The van der Waals surface area contributed by atoms with Crippen LogP contribution in [0.4, 0.5) is 11.4 Å². The molecule has 5 nitrogen and oxygen atoms in total. The monoisotopic (exact) mass is 340 g/mol. The Bertz CT molecular complexity index is 769. The second-order valence-electron chi connectivity index (χ2n) is 6.12. The smallest absolute Gasteiger partial charge is 0.262 e. The summed E-state index contributed by atoms with van der Waals surface area (Å²) in [4.78, 5) is 24.1. The van der Waals surface area contributed by atoms with Crippen LogP contribution < -0.4 is 15.8 Å². The van der Waals surface area contributed by atoms with Crippen LogP contribution in [-0.4, -0.2) is 18.3 Å². The highest BCUT2D eigenvalue weighted by atomic mass is 16.5. The summed E-state index contributed by atoms with van der Waals surface area (Å²) >= 11 is 0. The molecule has 1 amide bonds. The minimum absolute atomic E-state index is 0.0205. The first-order valence-electron chi connectivity index (χ1n) is 8.36. The molecule has 0 heterocycles. The van der Waals surface area contributed by atoms with Crippen LogP contribution in [0.5, 0.6) is 5.75 Å². The zero-order chi connectivity index (χ0) is 18.4. The number of hydrogen-bond acceptors (Lipinski definition) is 4. The van der Waals surface area contributed by atoms with Gasteiger partial charge in [-0.1, -0.05) is 39.0 Å². The summed E-state index contributed by atoms with van der Waals surface area (Å²) in [5.74, 6) is 0.0459. The van der Waals surface area contributed by atoms with Crippen molar-refractivity contribution in [2.24, 2.45) is 5.92 Å². The lowest BCUT2D eigenvalue weighted by molar-refractivity contribution is -0.118. The molecular weight excluding hydrogens is 316 g/mol. The Labute approximate surface area is 148 Å². The van der Waals surface area contributed by atoms with Crippen LogP contribution in [0, 0.1) is 5.92 Å². The Morgan fingerprint density at radius 2 is 1.88 bits per heavy atom. The van der Waals surface area contributed by atoms with Crippen molar-refractivity contribution in [3.05, 3.63) is 53.6 Å². The first-order chi connectivity index (χ1) is 11.9. The number of hydrogen-bond donors (Lipinski definition) is 2. The van der Waals surface area contributed by atoms with E-state index in [0.717, 1.165) is 17.7 Å². The van der Waals surface area contributed by atoms with Crippen LogP contribution in [0.15, 0.2) is 42.5 Å². The van der Waals surface area contributed by atoms with Crippen molar-refractivity contribution in [3.8, 4) is 5.75 Å². The highest BCUT2D eigenvalue weighted by Gasteiger charge is 2.13. The molecule has 25 heavy (non-hydrogen) atoms. The number of carbonyl (C=O) groups is 2. The Morgan fingerprint density at radius 3 is 2.52 bits per heavy atom. The number of aryl methyl sites for hydroxylation is 1. The molecule has 0 aromatic heterocycles. The zero-order valence-electron chi connectivity index (χ0n) is 14.8. The number of ketones is 1. The fourth-order valence-corrected chi connectivity index (χ4v) is 2.45. The number of ether oxygens (including phenoxy) is 1. The number of anilines is 2. The number of nitrogens with one attached hydrogen (secondary N) is 1. The van der Waals surface area contributed by atoms with Crippen molar-refractivity contribution in [1.82, 2.24) is 0 Å². The molecule has 0 bridgehead atoms. The number of carbonyl (C=O) groups excluding carboxylic acids is 2. The maximum atomic E-state index is 12.1. The van der Waals surface area contributed by atoms with Gasteiger partial charge in [0.05, 0.1) is 5.69 Å². The van der Waals surface area contributed by atoms with Gasteiger partial charge < -0.3 is 15.8 Å². The summed E-state index contributed by atoms with van der Waals surface area (Å²) in [7, 11) is 0. The topological polar surface area (TPSA) is 81.4 Å². The van der Waals surface area contributed by atoms with Gasteiger partial charge in [-0.05, 0) is 36.2 Å². The van der Waals surface area contributed by atoms with Gasteiger partial charge in [0.25, 0.3) is 5.91 Å². The molecule has 0 radical (unpaired) electrons. The van der Waals surface area contributed by atoms with Gasteiger partial charge in [-0.3, -0.25) is 9.59 Å². The number of amides is 1. The minimum Gasteiger partial charge on any atom is -0.482 e. The molecule has 0 saturated heterocycles. The van der Waals surface area contributed by atoms with Crippen molar-refractivity contribution >= 4 is 23.1 Å². The number of nitrogen functional groups attached to an aromatic ring is 1. The second kappa shape index (κ2) is 8.33. The Morgan fingerprint density at radius 1 is 1.16 bits per heavy atom. The molecule has 2 aromatic rings. The number of benzene rings is 2. The normalized spacial score (nSPS) is 10.6. The summed E-state index contributed by atoms with van der Waals surface area (Å²) in [6.07, 6.45) is 0.829. The summed E-state index contributed by atoms with van der Waals surface area (Å²) in [6, 6.07) is 12.5. The second-order valence-corrected chi connectivity index (χ2v) is 6.12. The van der Waals surface area contributed by atoms with Gasteiger partial charge >= 0.3 is 0 Å². The van der Waals surface area contributed by atoms with Crippen LogP contribution in [0.25, 0.3) is 0 Å². The third kappa shape index (κ3) is 4.83. The average Bonchev–Trinajstić information content (AvgIpc) is 2.60. The van der Waals surface area contributed by atoms with Crippen molar-refractivity contribution in [2.45, 2.75) is 27.2 Å². The number of rotatable bonds is 7. The van der Waals surface area contributed by atoms with E-state index in [4.69, 9.17) is 10.5 Å². The lowest BCUT2D eigenvalue weighted by atomic mass is 10.0. The van der Waals surface area contributed by atoms with Gasteiger partial charge in [0.15, 0.2) is 12.4 Å². The maximum Gasteiger partial charge on any atom is 0.262 e. The highest BCUT2D eigenvalue weighted by molar-refractivity contribution is 5.98. The molecule has 0 aliphatic heterocycles. The van der Waals surface area contributed by atoms with E-state index in [1.807, 2.05) is 45.0 Å². The molecule has 0 saturated carbocycles. The summed E-state index contributed by atoms with van der Waals surface area (Å²) in [6.45, 7) is 5.55. The predicted octanol–water partition coefficient (Wildman–Crippen LogP) is 3.69. The Kier molecular flexibility index (Phi) is 6.17. The van der Waals surface area contributed by atoms with Gasteiger partial charge in [-0.2, -0.15) is 0 Å². The van der Waals surface area contributed by atoms with Crippen molar-refractivity contribution in [1.29, 1.82) is 0 Å². The van der Waals surface area contributed by atoms with E-state index < -0.39 is 0 Å². The summed E-state index contributed by atoms with van der Waals surface area (Å²) in [5.41, 5.74) is 8.66. The molecule has 2 rings (SSSR count). The van der Waals surface area contributed by atoms with Crippen LogP contribution in [0.3, 0.4) is 0 Å². The van der Waals surface area contributed by atoms with Crippen molar-refractivity contribution < 1.29 is 14.3 Å². The first-order valence-corrected chi connectivity index (χ1v) is 8.36. The van der Waals surface area contributed by atoms with E-state index in [-0.39, 0.29) is 24.2 Å². The van der Waals surface area contributed by atoms with Gasteiger partial charge in [-0.25, -0.2) is 0 Å². The summed E-state index contributed by atoms with van der Waals surface area (Å²) < 4.78 is 5.49. The third-order valence-corrected chi connectivity index (χ3v) is 3.85. The van der Waals surface area contributed by atoms with Gasteiger partial charge in [0.1, 0.15) is 5.75 Å². The minimum atomic E-state index is -0.261. The molecule has 0 unspecified atom stereocenters. The average molecular weight is 340 g/mol. The standard InChI is InChI=1S/C20H24N2O3/c1-4-14-7-5-6-8-17(14)22-19(23)12-25-18-10-9-15(11-16(18)21)20(24)13(2)3/h5-11,13H,4,12,21H2,1-3H3,(H,22,23). The van der Waals surface area contributed by atoms with Gasteiger partial charge in [0, 0.05) is 17.2 Å². The van der Waals surface area contributed by atoms with Gasteiger partial charge in [0.2, 0.25) is 0 Å². The van der Waals surface area contributed by atoms with Crippen LogP contribution in [0.2, 0.25) is 0 Å². The number of Topliss-reactive ketones (excluding diaryl/α,β-unsaturated/α-hetero) is 1. The first kappa shape index (κ1) is 18.5. The largest absolute Gasteiger partial charge is 0.482 e. The van der Waals surface area contributed by atoms with E-state index >= 15 is 0 Å². The van der Waals surface area contributed by atoms with Crippen LogP contribution >= 0.6 is 0 Å². The molecule has 132 valence electrons. The van der Waals surface area contributed by atoms with Crippen molar-refractivity contribution in [2.75, 3.05) is 17.7 Å². The molecule has 0 fully saturated rings. The lowest BCUT2D eigenvalue weighted by Crippen LogP contribution is -2.21. The van der Waals surface area contributed by atoms with Crippen LogP contribution in [-0.2, 0) is 11.2 Å². The molecule has 0 aliphatic rings. The molecule has 0 atom stereocenters. The maximum absolute atomic E-state index is 12.1. The molecule has 2 aromatic carbocycles. The SMILES string of the molecule is CCc1ccccc1NC(=O)COc1ccc(C(=O)C(C)C)cc1N. The Hall–Kier alpha value is -2.82. The molecule has 0 aliphatic carbocycles. The number of para-hydroxylation sites is 1. The molecule has 3 N–H and O–H groups in total. The quantitative estimate of drug-likeness (QED) is 0.595. The zero-order valence-corrected chi connectivity index (χ0v) is 14.8. The Balaban J connectivity index is 1.99. The summed E-state index contributed by atoms with van der Waals surface area (Å²) in [5, 5.41) is 2.84. The fourth-order valence-electron chi connectivity index (χ4n) is 2.45. The molecule has 0 spiro atoms. The van der Waals surface area contributed by atoms with Gasteiger partial charge in [-0.15, -0.1) is 0 Å². The predicted molar refractivity (Wildman–Crippen MR) is 100.0 cm³/mol. The fraction of sp³-hybridized carbons (Fsp3) is 0.300. The third-order valence-electron chi connectivity index (χ3n) is 3.85.